The predicted octanol–water partition coefficient (Wildman–Crippen LogP) is 1.87. The molecule has 0 aromatic carbocycles. The van der Waals surface area contributed by atoms with Crippen LogP contribution in [0.5, 0.6) is 0 Å². The summed E-state index contributed by atoms with van der Waals surface area (Å²) in [5.41, 5.74) is 1.82. The molecule has 5 nitrogen and oxygen atoms in total. The molecular formula is C14H12N4O. The van der Waals surface area contributed by atoms with Crippen LogP contribution < -0.4 is 5.69 Å². The van der Waals surface area contributed by atoms with Crippen molar-refractivity contribution < 1.29 is 0 Å². The number of fused-ring (bicyclic) bond motifs is 1. The Labute approximate surface area is 109 Å². The second-order valence-corrected chi connectivity index (χ2v) is 4.10. The van der Waals surface area contributed by atoms with Crippen LogP contribution in [-0.4, -0.2) is 19.5 Å². The van der Waals surface area contributed by atoms with Gasteiger partial charge in [0.15, 0.2) is 0 Å². The zero-order valence-corrected chi connectivity index (χ0v) is 10.4. The van der Waals surface area contributed by atoms with E-state index in [2.05, 4.69) is 15.0 Å². The zero-order valence-electron chi connectivity index (χ0n) is 10.4. The summed E-state index contributed by atoms with van der Waals surface area (Å²) >= 11 is 0. The van der Waals surface area contributed by atoms with Gasteiger partial charge in [-0.3, -0.25) is 9.55 Å². The van der Waals surface area contributed by atoms with Crippen molar-refractivity contribution >= 4 is 11.0 Å². The number of hydrogen-bond acceptors (Lipinski definition) is 4. The third kappa shape index (κ3) is 1.89. The third-order valence-corrected chi connectivity index (χ3v) is 2.99. The van der Waals surface area contributed by atoms with Crippen LogP contribution in [0.1, 0.15) is 6.92 Å². The first-order chi connectivity index (χ1) is 9.31. The smallest absolute Gasteiger partial charge is 0.276 e. The SMILES string of the molecule is CCn1c(=O)nc(-c2cccnc2)c2cccnc21. The molecule has 0 aliphatic heterocycles. The first-order valence-electron chi connectivity index (χ1n) is 6.07. The van der Waals surface area contributed by atoms with Gasteiger partial charge in [-0.25, -0.2) is 9.78 Å². The molecule has 0 spiro atoms. The van der Waals surface area contributed by atoms with E-state index in [1.165, 1.54) is 0 Å². The molecule has 0 atom stereocenters. The average molecular weight is 252 g/mol. The van der Waals surface area contributed by atoms with E-state index in [9.17, 15) is 4.79 Å². The van der Waals surface area contributed by atoms with Crippen LogP contribution in [-0.2, 0) is 6.54 Å². The van der Waals surface area contributed by atoms with Crippen LogP contribution in [0.15, 0.2) is 47.7 Å². The highest BCUT2D eigenvalue weighted by atomic mass is 16.1. The van der Waals surface area contributed by atoms with Crippen LogP contribution in [0, 0.1) is 0 Å². The molecule has 0 amide bonds. The molecular weight excluding hydrogens is 240 g/mol. The average Bonchev–Trinajstić information content (AvgIpc) is 2.47. The van der Waals surface area contributed by atoms with Crippen molar-refractivity contribution in [1.82, 2.24) is 19.5 Å². The van der Waals surface area contributed by atoms with Gasteiger partial charge in [0.2, 0.25) is 0 Å². The fourth-order valence-corrected chi connectivity index (χ4v) is 2.11. The largest absolute Gasteiger partial charge is 0.349 e. The molecule has 3 aromatic heterocycles. The van der Waals surface area contributed by atoms with E-state index in [4.69, 9.17) is 0 Å². The van der Waals surface area contributed by atoms with E-state index in [1.807, 2.05) is 31.2 Å². The molecule has 0 radical (unpaired) electrons. The first-order valence-corrected chi connectivity index (χ1v) is 6.07. The number of rotatable bonds is 2. The Bertz CT molecular complexity index is 780. The summed E-state index contributed by atoms with van der Waals surface area (Å²) in [6, 6.07) is 7.47. The Hall–Kier alpha value is -2.56. The predicted molar refractivity (Wildman–Crippen MR) is 72.7 cm³/mol. The van der Waals surface area contributed by atoms with Crippen molar-refractivity contribution in [3.8, 4) is 11.3 Å². The van der Waals surface area contributed by atoms with E-state index < -0.39 is 0 Å². The lowest BCUT2D eigenvalue weighted by Crippen LogP contribution is -2.23. The number of aromatic nitrogens is 4. The molecule has 0 saturated heterocycles. The molecule has 3 rings (SSSR count). The third-order valence-electron chi connectivity index (χ3n) is 2.99. The Morgan fingerprint density at radius 3 is 2.79 bits per heavy atom. The van der Waals surface area contributed by atoms with Gasteiger partial charge in [-0.2, -0.15) is 4.98 Å². The van der Waals surface area contributed by atoms with Crippen molar-refractivity contribution in [3.05, 3.63) is 53.3 Å². The van der Waals surface area contributed by atoms with E-state index in [-0.39, 0.29) is 5.69 Å². The van der Waals surface area contributed by atoms with Gasteiger partial charge in [0.1, 0.15) is 5.65 Å². The molecule has 94 valence electrons. The van der Waals surface area contributed by atoms with Gasteiger partial charge in [-0.1, -0.05) is 0 Å². The molecule has 3 heterocycles. The maximum atomic E-state index is 12.0. The summed E-state index contributed by atoms with van der Waals surface area (Å²) in [7, 11) is 0. The molecule has 0 N–H and O–H groups in total. The van der Waals surface area contributed by atoms with Crippen molar-refractivity contribution in [2.45, 2.75) is 13.5 Å². The van der Waals surface area contributed by atoms with Crippen molar-refractivity contribution in [1.29, 1.82) is 0 Å². The summed E-state index contributed by atoms with van der Waals surface area (Å²) in [6.07, 6.45) is 5.07. The highest BCUT2D eigenvalue weighted by Crippen LogP contribution is 2.22. The minimum Gasteiger partial charge on any atom is -0.276 e. The lowest BCUT2D eigenvalue weighted by Gasteiger charge is -2.09. The molecule has 0 unspecified atom stereocenters. The lowest BCUT2D eigenvalue weighted by atomic mass is 10.1. The summed E-state index contributed by atoms with van der Waals surface area (Å²) in [5, 5.41) is 0.858. The Kier molecular flexibility index (Phi) is 2.79. The number of pyridine rings is 2. The Morgan fingerprint density at radius 2 is 2.05 bits per heavy atom. The topological polar surface area (TPSA) is 60.7 Å². The molecule has 3 aromatic rings. The van der Waals surface area contributed by atoms with Gasteiger partial charge in [-0.05, 0) is 31.2 Å². The van der Waals surface area contributed by atoms with Crippen molar-refractivity contribution in [2.75, 3.05) is 0 Å². The number of aryl methyl sites for hydroxylation is 1. The second-order valence-electron chi connectivity index (χ2n) is 4.10. The summed E-state index contributed by atoms with van der Waals surface area (Å²) < 4.78 is 1.56. The zero-order chi connectivity index (χ0) is 13.2. The van der Waals surface area contributed by atoms with Crippen LogP contribution in [0.4, 0.5) is 0 Å². The van der Waals surface area contributed by atoms with Crippen LogP contribution >= 0.6 is 0 Å². The maximum absolute atomic E-state index is 12.0. The standard InChI is InChI=1S/C14H12N4O/c1-2-18-13-11(6-4-8-16-13)12(17-14(18)19)10-5-3-7-15-9-10/h3-9H,2H2,1H3. The Balaban J connectivity index is 2.42. The minimum atomic E-state index is -0.285. The van der Waals surface area contributed by atoms with E-state index >= 15 is 0 Å². The van der Waals surface area contributed by atoms with Gasteiger partial charge < -0.3 is 0 Å². The summed E-state index contributed by atoms with van der Waals surface area (Å²) in [6.45, 7) is 2.45. The fourth-order valence-electron chi connectivity index (χ4n) is 2.11. The molecule has 0 fully saturated rings. The molecule has 0 aliphatic carbocycles. The van der Waals surface area contributed by atoms with Gasteiger partial charge in [0, 0.05) is 36.1 Å². The highest BCUT2D eigenvalue weighted by molar-refractivity contribution is 5.89. The number of hydrogen-bond donors (Lipinski definition) is 0. The van der Waals surface area contributed by atoms with E-state index in [0.717, 1.165) is 10.9 Å². The van der Waals surface area contributed by atoms with E-state index in [0.29, 0.717) is 17.9 Å². The van der Waals surface area contributed by atoms with Gasteiger partial charge in [0.05, 0.1) is 5.69 Å². The van der Waals surface area contributed by atoms with Gasteiger partial charge in [0.25, 0.3) is 0 Å². The number of nitrogens with zero attached hydrogens (tertiary/aromatic N) is 4. The molecule has 19 heavy (non-hydrogen) atoms. The van der Waals surface area contributed by atoms with Gasteiger partial charge in [-0.15, -0.1) is 0 Å². The highest BCUT2D eigenvalue weighted by Gasteiger charge is 2.11. The second kappa shape index (κ2) is 4.61. The molecule has 0 saturated carbocycles. The quantitative estimate of drug-likeness (QED) is 0.698. The van der Waals surface area contributed by atoms with E-state index in [1.54, 1.807) is 23.2 Å². The maximum Gasteiger partial charge on any atom is 0.349 e. The van der Waals surface area contributed by atoms with Crippen LogP contribution in [0.25, 0.3) is 22.3 Å². The fraction of sp³-hybridized carbons (Fsp3) is 0.143. The normalized spacial score (nSPS) is 10.8. The lowest BCUT2D eigenvalue weighted by molar-refractivity contribution is 0.723. The monoisotopic (exact) mass is 252 g/mol. The Morgan fingerprint density at radius 1 is 1.21 bits per heavy atom. The molecule has 5 heteroatoms. The van der Waals surface area contributed by atoms with Crippen LogP contribution in [0.2, 0.25) is 0 Å². The summed E-state index contributed by atoms with van der Waals surface area (Å²) in [4.78, 5) is 24.6. The molecule has 0 aliphatic rings. The van der Waals surface area contributed by atoms with Crippen LogP contribution in [0.3, 0.4) is 0 Å². The van der Waals surface area contributed by atoms with Crippen molar-refractivity contribution in [2.24, 2.45) is 0 Å². The minimum absolute atomic E-state index is 0.285. The molecule has 0 bridgehead atoms. The summed E-state index contributed by atoms with van der Waals surface area (Å²) in [5.74, 6) is 0. The van der Waals surface area contributed by atoms with Crippen molar-refractivity contribution in [3.63, 3.8) is 0 Å². The van der Waals surface area contributed by atoms with Gasteiger partial charge >= 0.3 is 5.69 Å². The first kappa shape index (κ1) is 11.5.